The van der Waals surface area contributed by atoms with Gasteiger partial charge in [-0.1, -0.05) is 0 Å². The molecule has 0 aliphatic heterocycles. The van der Waals surface area contributed by atoms with Crippen molar-refractivity contribution < 1.29 is 9.90 Å². The minimum absolute atomic E-state index is 0.101. The molecule has 1 aliphatic rings. The molecule has 2 N–H and O–H groups in total. The first kappa shape index (κ1) is 13.5. The zero-order chi connectivity index (χ0) is 12.0. The molecule has 0 radical (unpaired) electrons. The van der Waals surface area contributed by atoms with E-state index in [0.29, 0.717) is 18.9 Å². The number of hydrogen-bond acceptors (Lipinski definition) is 3. The minimum atomic E-state index is 0.101. The van der Waals surface area contributed by atoms with Gasteiger partial charge in [-0.15, -0.1) is 0 Å². The van der Waals surface area contributed by atoms with Gasteiger partial charge < -0.3 is 10.4 Å². The fourth-order valence-corrected chi connectivity index (χ4v) is 1.73. The van der Waals surface area contributed by atoms with E-state index in [-0.39, 0.29) is 12.5 Å². The lowest BCUT2D eigenvalue weighted by Gasteiger charge is -2.24. The van der Waals surface area contributed by atoms with Crippen LogP contribution in [0.15, 0.2) is 0 Å². The predicted octanol–water partition coefficient (Wildman–Crippen LogP) is 0.748. The molecular weight excluding hydrogens is 204 g/mol. The third kappa shape index (κ3) is 4.94. The summed E-state index contributed by atoms with van der Waals surface area (Å²) < 4.78 is 0. The average Bonchev–Trinajstić information content (AvgIpc) is 3.09. The minimum Gasteiger partial charge on any atom is -0.396 e. The van der Waals surface area contributed by atoms with Gasteiger partial charge in [0.25, 0.3) is 0 Å². The van der Waals surface area contributed by atoms with Crippen LogP contribution in [0.2, 0.25) is 0 Å². The third-order valence-electron chi connectivity index (χ3n) is 3.22. The number of likely N-dealkylation sites (N-methyl/N-ethyl adjacent to an activating group) is 1. The summed E-state index contributed by atoms with van der Waals surface area (Å²) >= 11 is 0. The zero-order valence-corrected chi connectivity index (χ0v) is 10.4. The summed E-state index contributed by atoms with van der Waals surface area (Å²) in [6, 6.07) is 1.15. The Labute approximate surface area is 98.0 Å². The molecule has 0 aromatic heterocycles. The highest BCUT2D eigenvalue weighted by molar-refractivity contribution is 5.75. The van der Waals surface area contributed by atoms with Crippen molar-refractivity contribution in [2.45, 2.75) is 51.1 Å². The van der Waals surface area contributed by atoms with Crippen LogP contribution in [-0.2, 0) is 4.79 Å². The van der Waals surface area contributed by atoms with E-state index >= 15 is 0 Å². The van der Waals surface area contributed by atoms with Crippen molar-refractivity contribution in [1.82, 2.24) is 10.2 Å². The van der Waals surface area contributed by atoms with Crippen molar-refractivity contribution in [3.8, 4) is 0 Å². The van der Waals surface area contributed by atoms with E-state index in [0.717, 1.165) is 19.0 Å². The Morgan fingerprint density at radius 1 is 1.50 bits per heavy atom. The molecule has 0 saturated heterocycles. The number of hydrogen-bond donors (Lipinski definition) is 2. The van der Waals surface area contributed by atoms with Gasteiger partial charge in [-0.2, -0.15) is 0 Å². The Morgan fingerprint density at radius 3 is 2.75 bits per heavy atom. The van der Waals surface area contributed by atoms with Crippen LogP contribution in [0, 0.1) is 0 Å². The Kier molecular flexibility index (Phi) is 5.77. The molecule has 0 bridgehead atoms. The Balaban J connectivity index is 2.05. The van der Waals surface area contributed by atoms with Gasteiger partial charge in [0.15, 0.2) is 0 Å². The van der Waals surface area contributed by atoms with Crippen LogP contribution in [0.25, 0.3) is 0 Å². The summed E-state index contributed by atoms with van der Waals surface area (Å²) in [6.07, 6.45) is 4.61. The smallest absolute Gasteiger partial charge is 0.220 e. The van der Waals surface area contributed by atoms with E-state index in [1.54, 1.807) is 0 Å². The highest BCUT2D eigenvalue weighted by Gasteiger charge is 2.28. The molecule has 1 amide bonds. The highest BCUT2D eigenvalue weighted by Crippen LogP contribution is 2.26. The number of unbranched alkanes of at least 4 members (excludes halogenated alkanes) is 1. The van der Waals surface area contributed by atoms with Gasteiger partial charge in [0, 0.05) is 31.7 Å². The van der Waals surface area contributed by atoms with Crippen molar-refractivity contribution in [3.63, 3.8) is 0 Å². The molecule has 1 fully saturated rings. The SMILES string of the molecule is CC(CNC(=O)CCCCO)N(C)C1CC1. The van der Waals surface area contributed by atoms with Gasteiger partial charge in [0.1, 0.15) is 0 Å². The van der Waals surface area contributed by atoms with Gasteiger partial charge in [-0.25, -0.2) is 0 Å². The molecule has 1 rings (SSSR count). The molecule has 1 atom stereocenters. The molecule has 16 heavy (non-hydrogen) atoms. The first-order valence-corrected chi connectivity index (χ1v) is 6.24. The summed E-state index contributed by atoms with van der Waals surface area (Å²) in [4.78, 5) is 13.8. The van der Waals surface area contributed by atoms with Crippen molar-refractivity contribution in [2.24, 2.45) is 0 Å². The van der Waals surface area contributed by atoms with Crippen molar-refractivity contribution in [1.29, 1.82) is 0 Å². The standard InChI is InChI=1S/C12H24N2O2/c1-10(14(2)11-6-7-11)9-13-12(16)5-3-4-8-15/h10-11,15H,3-9H2,1-2H3,(H,13,16). The number of nitrogens with one attached hydrogen (secondary N) is 1. The lowest BCUT2D eigenvalue weighted by molar-refractivity contribution is -0.121. The third-order valence-corrected chi connectivity index (χ3v) is 3.22. The molecule has 0 heterocycles. The van der Waals surface area contributed by atoms with E-state index < -0.39 is 0 Å². The number of aliphatic hydroxyl groups excluding tert-OH is 1. The number of nitrogens with zero attached hydrogens (tertiary/aromatic N) is 1. The largest absolute Gasteiger partial charge is 0.396 e. The van der Waals surface area contributed by atoms with Gasteiger partial charge in [-0.05, 0) is 39.7 Å². The number of rotatable bonds is 8. The number of carbonyl (C=O) groups is 1. The second-order valence-corrected chi connectivity index (χ2v) is 4.73. The quantitative estimate of drug-likeness (QED) is 0.603. The van der Waals surface area contributed by atoms with Gasteiger partial charge in [-0.3, -0.25) is 9.69 Å². The summed E-state index contributed by atoms with van der Waals surface area (Å²) in [5.74, 6) is 0.101. The van der Waals surface area contributed by atoms with Crippen LogP contribution in [0.4, 0.5) is 0 Å². The summed E-state index contributed by atoms with van der Waals surface area (Å²) in [5, 5.41) is 11.5. The molecule has 4 heteroatoms. The normalized spacial score (nSPS) is 17.5. The predicted molar refractivity (Wildman–Crippen MR) is 64.2 cm³/mol. The number of carbonyl (C=O) groups excluding carboxylic acids is 1. The van der Waals surface area contributed by atoms with Crippen molar-refractivity contribution in [3.05, 3.63) is 0 Å². The van der Waals surface area contributed by atoms with Crippen molar-refractivity contribution in [2.75, 3.05) is 20.2 Å². The molecule has 1 saturated carbocycles. The summed E-state index contributed by atoms with van der Waals surface area (Å²) in [6.45, 7) is 3.05. The second kappa shape index (κ2) is 6.86. The van der Waals surface area contributed by atoms with Crippen LogP contribution in [0.3, 0.4) is 0 Å². The Morgan fingerprint density at radius 2 is 2.19 bits per heavy atom. The molecule has 0 spiro atoms. The van der Waals surface area contributed by atoms with Crippen LogP contribution in [-0.4, -0.2) is 48.2 Å². The topological polar surface area (TPSA) is 52.6 Å². The molecule has 1 aliphatic carbocycles. The van der Waals surface area contributed by atoms with Crippen LogP contribution < -0.4 is 5.32 Å². The lowest BCUT2D eigenvalue weighted by Crippen LogP contribution is -2.41. The molecule has 1 unspecified atom stereocenters. The zero-order valence-electron chi connectivity index (χ0n) is 10.4. The first-order chi connectivity index (χ1) is 7.65. The average molecular weight is 228 g/mol. The highest BCUT2D eigenvalue weighted by atomic mass is 16.2. The summed E-state index contributed by atoms with van der Waals surface area (Å²) in [7, 11) is 2.13. The van der Waals surface area contributed by atoms with E-state index in [1.807, 2.05) is 0 Å². The maximum Gasteiger partial charge on any atom is 0.220 e. The fraction of sp³-hybridized carbons (Fsp3) is 0.917. The maximum atomic E-state index is 11.4. The lowest BCUT2D eigenvalue weighted by atomic mass is 10.2. The van der Waals surface area contributed by atoms with E-state index in [4.69, 9.17) is 5.11 Å². The monoisotopic (exact) mass is 228 g/mol. The van der Waals surface area contributed by atoms with E-state index in [2.05, 4.69) is 24.2 Å². The van der Waals surface area contributed by atoms with Crippen LogP contribution in [0.5, 0.6) is 0 Å². The van der Waals surface area contributed by atoms with E-state index in [9.17, 15) is 4.79 Å². The molecular formula is C12H24N2O2. The Bertz CT molecular complexity index is 217. The van der Waals surface area contributed by atoms with Crippen molar-refractivity contribution >= 4 is 5.91 Å². The van der Waals surface area contributed by atoms with Gasteiger partial charge in [0.2, 0.25) is 5.91 Å². The molecule has 4 nitrogen and oxygen atoms in total. The molecule has 0 aromatic rings. The summed E-state index contributed by atoms with van der Waals surface area (Å²) in [5.41, 5.74) is 0. The fourth-order valence-electron chi connectivity index (χ4n) is 1.73. The first-order valence-electron chi connectivity index (χ1n) is 6.24. The molecule has 94 valence electrons. The maximum absolute atomic E-state index is 11.4. The van der Waals surface area contributed by atoms with Gasteiger partial charge >= 0.3 is 0 Å². The van der Waals surface area contributed by atoms with Crippen LogP contribution >= 0.6 is 0 Å². The van der Waals surface area contributed by atoms with E-state index in [1.165, 1.54) is 12.8 Å². The van der Waals surface area contributed by atoms with Gasteiger partial charge in [0.05, 0.1) is 0 Å². The van der Waals surface area contributed by atoms with Crippen LogP contribution in [0.1, 0.15) is 39.0 Å². The Hall–Kier alpha value is -0.610. The number of amides is 1. The molecule has 0 aromatic carbocycles. The second-order valence-electron chi connectivity index (χ2n) is 4.73. The number of aliphatic hydroxyl groups is 1.